The lowest BCUT2D eigenvalue weighted by atomic mass is 10.1. The Morgan fingerprint density at radius 3 is 2.56 bits per heavy atom. The van der Waals surface area contributed by atoms with Gasteiger partial charge in [0, 0.05) is 50.5 Å². The topological polar surface area (TPSA) is 96.9 Å². The molecule has 0 saturated carbocycles. The summed E-state index contributed by atoms with van der Waals surface area (Å²) in [6, 6.07) is 0.664. The SMILES string of the molecule is COc1ncc(C(=O)NC[C@@H]2CC[C@H](CC(=O)N3CCOCC3)N2C)cn1. The van der Waals surface area contributed by atoms with Gasteiger partial charge >= 0.3 is 6.01 Å². The molecule has 9 nitrogen and oxygen atoms in total. The quantitative estimate of drug-likeness (QED) is 0.741. The largest absolute Gasteiger partial charge is 0.467 e. The first kappa shape index (κ1) is 19.5. The molecule has 3 heterocycles. The van der Waals surface area contributed by atoms with Gasteiger partial charge in [-0.05, 0) is 19.9 Å². The molecule has 1 N–H and O–H groups in total. The van der Waals surface area contributed by atoms with Crippen LogP contribution < -0.4 is 10.1 Å². The van der Waals surface area contributed by atoms with E-state index in [-0.39, 0.29) is 29.9 Å². The van der Waals surface area contributed by atoms with Gasteiger partial charge in [-0.2, -0.15) is 0 Å². The molecule has 2 aliphatic heterocycles. The maximum atomic E-state index is 12.5. The minimum absolute atomic E-state index is 0.190. The van der Waals surface area contributed by atoms with Gasteiger partial charge in [-0.15, -0.1) is 0 Å². The van der Waals surface area contributed by atoms with Crippen LogP contribution in [0, 0.1) is 0 Å². The fourth-order valence-electron chi connectivity index (χ4n) is 3.58. The molecule has 2 aliphatic rings. The molecule has 2 amide bonds. The van der Waals surface area contributed by atoms with Crippen LogP contribution >= 0.6 is 0 Å². The van der Waals surface area contributed by atoms with Gasteiger partial charge < -0.3 is 19.7 Å². The summed E-state index contributed by atoms with van der Waals surface area (Å²) >= 11 is 0. The minimum Gasteiger partial charge on any atom is -0.467 e. The molecule has 27 heavy (non-hydrogen) atoms. The van der Waals surface area contributed by atoms with Gasteiger partial charge in [-0.1, -0.05) is 0 Å². The smallest absolute Gasteiger partial charge is 0.316 e. The molecule has 9 heteroatoms. The molecule has 148 valence electrons. The third-order valence-electron chi connectivity index (χ3n) is 5.33. The Balaban J connectivity index is 1.45. The molecular weight excluding hydrogens is 350 g/mol. The second-order valence-electron chi connectivity index (χ2n) is 6.92. The minimum atomic E-state index is -0.209. The van der Waals surface area contributed by atoms with E-state index in [1.807, 2.05) is 11.9 Å². The lowest BCUT2D eigenvalue weighted by Crippen LogP contribution is -2.45. The van der Waals surface area contributed by atoms with Crippen molar-refractivity contribution in [2.24, 2.45) is 0 Å². The second kappa shape index (κ2) is 9.09. The van der Waals surface area contributed by atoms with Gasteiger partial charge in [0.2, 0.25) is 5.91 Å². The average Bonchev–Trinajstić information content (AvgIpc) is 3.06. The normalized spacial score (nSPS) is 23.3. The zero-order valence-corrected chi connectivity index (χ0v) is 15.9. The van der Waals surface area contributed by atoms with Crippen molar-refractivity contribution in [1.29, 1.82) is 0 Å². The van der Waals surface area contributed by atoms with Crippen LogP contribution in [0.15, 0.2) is 12.4 Å². The van der Waals surface area contributed by atoms with E-state index in [0.717, 1.165) is 12.8 Å². The summed E-state index contributed by atoms with van der Waals surface area (Å²) in [7, 11) is 3.50. The Hall–Kier alpha value is -2.26. The molecule has 0 spiro atoms. The van der Waals surface area contributed by atoms with Crippen LogP contribution in [0.5, 0.6) is 6.01 Å². The fourth-order valence-corrected chi connectivity index (χ4v) is 3.58. The maximum absolute atomic E-state index is 12.5. The van der Waals surface area contributed by atoms with Gasteiger partial charge in [0.15, 0.2) is 0 Å². The van der Waals surface area contributed by atoms with Crippen molar-refractivity contribution in [2.45, 2.75) is 31.3 Å². The summed E-state index contributed by atoms with van der Waals surface area (Å²) in [6.45, 7) is 3.13. The number of carbonyl (C=O) groups excluding carboxylic acids is 2. The third-order valence-corrected chi connectivity index (χ3v) is 5.33. The van der Waals surface area contributed by atoms with Crippen LogP contribution in [0.2, 0.25) is 0 Å². The number of ether oxygens (including phenoxy) is 2. The molecule has 1 aromatic rings. The summed E-state index contributed by atoms with van der Waals surface area (Å²) in [5.74, 6) is -0.0193. The Labute approximate surface area is 159 Å². The summed E-state index contributed by atoms with van der Waals surface area (Å²) in [5, 5.41) is 2.93. The van der Waals surface area contributed by atoms with Crippen LogP contribution in [0.4, 0.5) is 0 Å². The first-order chi connectivity index (χ1) is 13.1. The monoisotopic (exact) mass is 377 g/mol. The van der Waals surface area contributed by atoms with Gasteiger partial charge in [0.05, 0.1) is 25.9 Å². The molecule has 3 rings (SSSR count). The molecule has 0 aromatic carbocycles. The van der Waals surface area contributed by atoms with E-state index < -0.39 is 0 Å². The van der Waals surface area contributed by atoms with Gasteiger partial charge in [0.25, 0.3) is 5.91 Å². The number of hydrogen-bond donors (Lipinski definition) is 1. The number of likely N-dealkylation sites (tertiary alicyclic amines) is 1. The van der Waals surface area contributed by atoms with Crippen LogP contribution in [-0.4, -0.2) is 90.7 Å². The van der Waals surface area contributed by atoms with Crippen molar-refractivity contribution in [3.63, 3.8) is 0 Å². The second-order valence-corrected chi connectivity index (χ2v) is 6.92. The van der Waals surface area contributed by atoms with Crippen LogP contribution in [0.25, 0.3) is 0 Å². The van der Waals surface area contributed by atoms with Crippen LogP contribution in [0.3, 0.4) is 0 Å². The molecule has 0 radical (unpaired) electrons. The molecule has 0 bridgehead atoms. The number of nitrogens with zero attached hydrogens (tertiary/aromatic N) is 4. The zero-order valence-electron chi connectivity index (χ0n) is 15.9. The molecule has 2 atom stereocenters. The van der Waals surface area contributed by atoms with Crippen LogP contribution in [-0.2, 0) is 9.53 Å². The van der Waals surface area contributed by atoms with Crippen LogP contribution in [0.1, 0.15) is 29.6 Å². The lowest BCUT2D eigenvalue weighted by molar-refractivity contribution is -0.136. The summed E-state index contributed by atoms with van der Waals surface area (Å²) in [6.07, 6.45) is 5.33. The summed E-state index contributed by atoms with van der Waals surface area (Å²) in [5.41, 5.74) is 0.399. The first-order valence-corrected chi connectivity index (χ1v) is 9.30. The summed E-state index contributed by atoms with van der Waals surface area (Å²) < 4.78 is 10.2. The van der Waals surface area contributed by atoms with Crippen molar-refractivity contribution >= 4 is 11.8 Å². The highest BCUT2D eigenvalue weighted by atomic mass is 16.5. The van der Waals surface area contributed by atoms with E-state index in [4.69, 9.17) is 9.47 Å². The van der Waals surface area contributed by atoms with Gasteiger partial charge in [0.1, 0.15) is 0 Å². The van der Waals surface area contributed by atoms with E-state index in [9.17, 15) is 9.59 Å². The first-order valence-electron chi connectivity index (χ1n) is 9.30. The number of hydrogen-bond acceptors (Lipinski definition) is 7. The molecule has 2 fully saturated rings. The number of nitrogens with one attached hydrogen (secondary N) is 1. The maximum Gasteiger partial charge on any atom is 0.316 e. The highest BCUT2D eigenvalue weighted by molar-refractivity contribution is 5.93. The number of rotatable bonds is 6. The van der Waals surface area contributed by atoms with E-state index in [0.29, 0.717) is 44.8 Å². The predicted molar refractivity (Wildman–Crippen MR) is 97.5 cm³/mol. The molecule has 0 unspecified atom stereocenters. The number of morpholine rings is 1. The van der Waals surface area contributed by atoms with Crippen molar-refractivity contribution in [2.75, 3.05) is 47.0 Å². The Bertz CT molecular complexity index is 648. The molecule has 1 aromatic heterocycles. The third kappa shape index (κ3) is 4.92. The van der Waals surface area contributed by atoms with Gasteiger partial charge in [-0.3, -0.25) is 14.5 Å². The van der Waals surface area contributed by atoms with E-state index >= 15 is 0 Å². The van der Waals surface area contributed by atoms with Crippen molar-refractivity contribution in [1.82, 2.24) is 25.1 Å². The lowest BCUT2D eigenvalue weighted by Gasteiger charge is -2.30. The zero-order chi connectivity index (χ0) is 19.2. The molecule has 0 aliphatic carbocycles. The van der Waals surface area contributed by atoms with Crippen molar-refractivity contribution in [3.8, 4) is 6.01 Å². The highest BCUT2D eigenvalue weighted by Gasteiger charge is 2.33. The van der Waals surface area contributed by atoms with Crippen molar-refractivity contribution in [3.05, 3.63) is 18.0 Å². The van der Waals surface area contributed by atoms with Crippen molar-refractivity contribution < 1.29 is 19.1 Å². The highest BCUT2D eigenvalue weighted by Crippen LogP contribution is 2.25. The molecule has 2 saturated heterocycles. The number of carbonyl (C=O) groups is 2. The Morgan fingerprint density at radius 1 is 1.22 bits per heavy atom. The number of likely N-dealkylation sites (N-methyl/N-ethyl adjacent to an activating group) is 1. The van der Waals surface area contributed by atoms with E-state index in [1.54, 1.807) is 0 Å². The van der Waals surface area contributed by atoms with Gasteiger partial charge in [-0.25, -0.2) is 9.97 Å². The summed E-state index contributed by atoms with van der Waals surface area (Å²) in [4.78, 5) is 36.7. The number of amides is 2. The number of methoxy groups -OCH3 is 1. The fraction of sp³-hybridized carbons (Fsp3) is 0.667. The van der Waals surface area contributed by atoms with E-state index in [2.05, 4.69) is 20.2 Å². The Morgan fingerprint density at radius 2 is 1.89 bits per heavy atom. The average molecular weight is 377 g/mol. The van der Waals surface area contributed by atoms with E-state index in [1.165, 1.54) is 19.5 Å². The Kier molecular flexibility index (Phi) is 6.57. The standard InChI is InChI=1S/C18H27N5O4/c1-22-14(9-16(24)23-5-7-27-8-6-23)3-4-15(22)12-19-17(25)13-10-20-18(26-2)21-11-13/h10-11,14-15H,3-9,12H2,1-2H3,(H,19,25)/t14-,15+/m1/s1. The molecular formula is C18H27N5O4. The predicted octanol–water partition coefficient (Wildman–Crippen LogP) is -0.0733. The number of aromatic nitrogens is 2.